The molecule has 0 aromatic carbocycles. The fourth-order valence-corrected chi connectivity index (χ4v) is 6.50. The molecule has 0 aromatic rings. The van der Waals surface area contributed by atoms with Crippen LogP contribution in [-0.4, -0.2) is 18.1 Å². The monoisotopic (exact) mass is 101 g/mol. The van der Waals surface area contributed by atoms with E-state index in [0.29, 0.717) is 9.04 Å². The van der Waals surface area contributed by atoms with Crippen molar-refractivity contribution in [3.05, 3.63) is 0 Å². The summed E-state index contributed by atoms with van der Waals surface area (Å²) in [6.07, 6.45) is 1.60. The minimum absolute atomic E-state index is 0.627. The van der Waals surface area contributed by atoms with Crippen LogP contribution in [-0.2, 0) is 0 Å². The van der Waals surface area contributed by atoms with Crippen LogP contribution in [0.4, 0.5) is 0 Å². The van der Waals surface area contributed by atoms with Crippen molar-refractivity contribution in [2.45, 2.75) is 18.5 Å². The molecule has 0 N–H and O–H groups in total. The molecule has 1 fully saturated rings. The van der Waals surface area contributed by atoms with Crippen LogP contribution in [0.25, 0.3) is 0 Å². The van der Waals surface area contributed by atoms with Crippen LogP contribution in [0, 0.1) is 0 Å². The van der Waals surface area contributed by atoms with Crippen LogP contribution in [0.15, 0.2) is 0 Å². The summed E-state index contributed by atoms with van der Waals surface area (Å²) >= 11 is 0. The van der Waals surface area contributed by atoms with Crippen molar-refractivity contribution in [3.63, 3.8) is 0 Å². The van der Waals surface area contributed by atoms with Crippen LogP contribution in [0.2, 0.25) is 12.1 Å². The summed E-state index contributed by atoms with van der Waals surface area (Å²) in [5.74, 6) is 0. The van der Waals surface area contributed by atoms with Gasteiger partial charge in [-0.3, -0.25) is 0 Å². The average molecular weight is 101 g/mol. The van der Waals surface area contributed by atoms with E-state index in [1.165, 1.54) is 0 Å². The molecule has 1 aliphatic heterocycles. The van der Waals surface area contributed by atoms with E-state index in [9.17, 15) is 0 Å². The first-order valence-corrected chi connectivity index (χ1v) is 7.40. The van der Waals surface area contributed by atoms with Crippen molar-refractivity contribution in [2.75, 3.05) is 0 Å². The second kappa shape index (κ2) is 1.77. The van der Waals surface area contributed by atoms with Crippen LogP contribution in [0.3, 0.4) is 0 Å². The van der Waals surface area contributed by atoms with E-state index in [0.717, 1.165) is 9.04 Å². The van der Waals surface area contributed by atoms with Gasteiger partial charge in [0, 0.05) is 18.1 Å². The predicted octanol–water partition coefficient (Wildman–Crippen LogP) is -0.253. The van der Waals surface area contributed by atoms with Crippen LogP contribution in [0.1, 0.15) is 6.42 Å². The molecule has 1 radical (unpaired) electrons. The lowest BCUT2D eigenvalue weighted by Gasteiger charge is -1.67. The summed E-state index contributed by atoms with van der Waals surface area (Å²) in [6, 6.07) is 3.32. The van der Waals surface area contributed by atoms with Gasteiger partial charge in [-0.15, -0.1) is 0 Å². The third kappa shape index (κ3) is 0.889. The molecule has 29 valence electrons. The fourth-order valence-electron chi connectivity index (χ4n) is 0.722. The van der Waals surface area contributed by atoms with E-state index >= 15 is 0 Å². The van der Waals surface area contributed by atoms with Crippen molar-refractivity contribution in [1.82, 2.24) is 0 Å². The highest BCUT2D eigenvalue weighted by Crippen LogP contribution is 2.01. The highest BCUT2D eigenvalue weighted by atomic mass is 29.1. The van der Waals surface area contributed by atoms with Gasteiger partial charge in [0.2, 0.25) is 0 Å². The predicted molar refractivity (Wildman–Crippen MR) is 29.9 cm³/mol. The molecule has 5 heavy (non-hydrogen) atoms. The molecule has 2 heteroatoms. The van der Waals surface area contributed by atoms with Gasteiger partial charge in [-0.05, 0) is 0 Å². The maximum absolute atomic E-state index is 1.68. The molecular formula is C3H9Si2. The van der Waals surface area contributed by atoms with E-state index in [1.54, 1.807) is 18.5 Å². The molecule has 0 nitrogen and oxygen atoms in total. The molecule has 0 spiro atoms. The summed E-state index contributed by atoms with van der Waals surface area (Å²) in [4.78, 5) is 0. The van der Waals surface area contributed by atoms with Crippen LogP contribution >= 0.6 is 0 Å². The van der Waals surface area contributed by atoms with Crippen LogP contribution in [0.5, 0.6) is 0 Å². The van der Waals surface area contributed by atoms with Gasteiger partial charge in [-0.2, -0.15) is 0 Å². The molecule has 1 saturated heterocycles. The Morgan fingerprint density at radius 3 is 2.80 bits per heavy atom. The second-order valence-electron chi connectivity index (χ2n) is 1.57. The van der Waals surface area contributed by atoms with Gasteiger partial charge >= 0.3 is 0 Å². The van der Waals surface area contributed by atoms with Gasteiger partial charge in [0.15, 0.2) is 0 Å². The van der Waals surface area contributed by atoms with Crippen molar-refractivity contribution >= 4 is 18.1 Å². The van der Waals surface area contributed by atoms with Crippen molar-refractivity contribution in [2.24, 2.45) is 0 Å². The zero-order chi connectivity index (χ0) is 3.54. The normalized spacial score (nSPS) is 28.8. The van der Waals surface area contributed by atoms with E-state index < -0.39 is 0 Å². The molecule has 0 aromatic heterocycles. The molecule has 0 amide bonds. The lowest BCUT2D eigenvalue weighted by molar-refractivity contribution is 1.10. The molecule has 1 rings (SSSR count). The third-order valence-corrected chi connectivity index (χ3v) is 6.87. The quantitative estimate of drug-likeness (QED) is 0.369. The first-order chi connectivity index (χ1) is 2.50. The maximum Gasteiger partial charge on any atom is 0.0135 e. The minimum Gasteiger partial charge on any atom is -0.0654 e. The Hall–Kier alpha value is 0.434. The Morgan fingerprint density at radius 1 is 1.60 bits per heavy atom. The Kier molecular flexibility index (Phi) is 1.28. The van der Waals surface area contributed by atoms with Crippen molar-refractivity contribution in [1.29, 1.82) is 0 Å². The van der Waals surface area contributed by atoms with E-state index in [2.05, 4.69) is 0 Å². The molecular weight excluding hydrogens is 92.2 g/mol. The van der Waals surface area contributed by atoms with E-state index in [-0.39, 0.29) is 0 Å². The zero-order valence-corrected chi connectivity index (χ0v) is 5.97. The minimum atomic E-state index is 0.627. The van der Waals surface area contributed by atoms with Gasteiger partial charge in [0.25, 0.3) is 0 Å². The Bertz CT molecular complexity index is 16.5. The smallest absolute Gasteiger partial charge is 0.0135 e. The lowest BCUT2D eigenvalue weighted by atomic mass is 10.6. The summed E-state index contributed by atoms with van der Waals surface area (Å²) < 4.78 is 0. The molecule has 0 atom stereocenters. The summed E-state index contributed by atoms with van der Waals surface area (Å²) in [6.45, 7) is 0. The van der Waals surface area contributed by atoms with Gasteiger partial charge in [-0.1, -0.05) is 18.5 Å². The van der Waals surface area contributed by atoms with Gasteiger partial charge < -0.3 is 0 Å². The summed E-state index contributed by atoms with van der Waals surface area (Å²) in [7, 11) is 1.69. The number of rotatable bonds is 0. The average Bonchev–Trinajstić information content (AvgIpc) is 1.76. The SMILES string of the molecule is C1C[SiH][SiH2]C1. The molecule has 0 bridgehead atoms. The number of hydrogen-bond acceptors (Lipinski definition) is 0. The second-order valence-corrected chi connectivity index (χ2v) is 7.48. The first kappa shape index (κ1) is 3.62. The molecule has 0 saturated carbocycles. The first-order valence-electron chi connectivity index (χ1n) is 2.32. The Morgan fingerprint density at radius 2 is 2.60 bits per heavy atom. The van der Waals surface area contributed by atoms with Gasteiger partial charge in [0.05, 0.1) is 0 Å². The summed E-state index contributed by atoms with van der Waals surface area (Å²) in [5, 5.41) is 0. The highest BCUT2D eigenvalue weighted by Gasteiger charge is 1.97. The standard InChI is InChI=1S/C3H9Si2/c1-2-4-5-3-1/h4H,1-3,5H2. The number of hydrogen-bond donors (Lipinski definition) is 0. The third-order valence-electron chi connectivity index (χ3n) is 1.07. The zero-order valence-electron chi connectivity index (χ0n) is 3.41. The topological polar surface area (TPSA) is 0 Å². The lowest BCUT2D eigenvalue weighted by Crippen LogP contribution is -1.86. The maximum atomic E-state index is 1.68. The highest BCUT2D eigenvalue weighted by molar-refractivity contribution is 7.01. The largest absolute Gasteiger partial charge is 0.0654 e. The fraction of sp³-hybridized carbons (Fsp3) is 1.00. The van der Waals surface area contributed by atoms with E-state index in [1.807, 2.05) is 0 Å². The molecule has 0 unspecified atom stereocenters. The van der Waals surface area contributed by atoms with Crippen molar-refractivity contribution in [3.8, 4) is 0 Å². The molecule has 1 aliphatic rings. The van der Waals surface area contributed by atoms with Gasteiger partial charge in [0.1, 0.15) is 0 Å². The Balaban J connectivity index is 2.08. The molecule has 1 heterocycles. The molecule has 0 aliphatic carbocycles. The Labute approximate surface area is 37.4 Å². The van der Waals surface area contributed by atoms with Crippen molar-refractivity contribution < 1.29 is 0 Å². The van der Waals surface area contributed by atoms with E-state index in [4.69, 9.17) is 0 Å². The summed E-state index contributed by atoms with van der Waals surface area (Å²) in [5.41, 5.74) is 0. The van der Waals surface area contributed by atoms with Gasteiger partial charge in [-0.25, -0.2) is 0 Å². The van der Waals surface area contributed by atoms with Crippen LogP contribution < -0.4 is 0 Å².